The van der Waals surface area contributed by atoms with Crippen LogP contribution in [-0.2, 0) is 0 Å². The Labute approximate surface area is 75.6 Å². The van der Waals surface area contributed by atoms with E-state index in [9.17, 15) is 4.39 Å². The Balaban J connectivity index is 2.79. The first-order valence-corrected chi connectivity index (χ1v) is 4.05. The second-order valence-electron chi connectivity index (χ2n) is 2.47. The molecule has 0 aromatic carbocycles. The van der Waals surface area contributed by atoms with Crippen molar-refractivity contribution in [2.24, 2.45) is 5.73 Å². The molecule has 1 atom stereocenters. The third kappa shape index (κ3) is 2.16. The zero-order chi connectivity index (χ0) is 8.97. The molecule has 0 amide bonds. The van der Waals surface area contributed by atoms with E-state index in [4.69, 9.17) is 17.3 Å². The predicted octanol–water partition coefficient (Wildman–Crippen LogP) is 2.09. The molecule has 2 nitrogen and oxygen atoms in total. The van der Waals surface area contributed by atoms with Gasteiger partial charge in [-0.2, -0.15) is 0 Å². The molecule has 0 aliphatic carbocycles. The SMILES string of the molecule is N[C@H](CCF)c1cccnc1Cl. The summed E-state index contributed by atoms with van der Waals surface area (Å²) in [6.45, 7) is -0.438. The van der Waals surface area contributed by atoms with Crippen molar-refractivity contribution in [3.05, 3.63) is 29.0 Å². The number of alkyl halides is 1. The highest BCUT2D eigenvalue weighted by molar-refractivity contribution is 6.30. The van der Waals surface area contributed by atoms with Gasteiger partial charge in [0, 0.05) is 17.8 Å². The summed E-state index contributed by atoms with van der Waals surface area (Å²) in [5.74, 6) is 0. The fourth-order valence-electron chi connectivity index (χ4n) is 0.948. The predicted molar refractivity (Wildman–Crippen MR) is 46.8 cm³/mol. The van der Waals surface area contributed by atoms with Crippen molar-refractivity contribution in [1.29, 1.82) is 0 Å². The summed E-state index contributed by atoms with van der Waals surface area (Å²) in [5.41, 5.74) is 6.35. The van der Waals surface area contributed by atoms with E-state index in [1.165, 1.54) is 0 Å². The summed E-state index contributed by atoms with van der Waals surface area (Å²) in [6.07, 6.45) is 1.86. The molecule has 4 heteroatoms. The van der Waals surface area contributed by atoms with Crippen LogP contribution in [0, 0.1) is 0 Å². The standard InChI is InChI=1S/C8H10ClFN2/c9-8-6(2-1-5-12-8)7(11)3-4-10/h1-2,5,7H,3-4,11H2/t7-/m1/s1. The number of nitrogens with zero attached hydrogens (tertiary/aromatic N) is 1. The van der Waals surface area contributed by atoms with Gasteiger partial charge in [0.05, 0.1) is 6.67 Å². The molecule has 1 rings (SSSR count). The molecule has 1 aromatic heterocycles. The minimum absolute atomic E-state index is 0.283. The van der Waals surface area contributed by atoms with E-state index in [0.29, 0.717) is 10.7 Å². The van der Waals surface area contributed by atoms with Crippen LogP contribution in [-0.4, -0.2) is 11.7 Å². The summed E-state index contributed by atoms with van der Waals surface area (Å²) in [4.78, 5) is 3.85. The first kappa shape index (κ1) is 9.42. The number of rotatable bonds is 3. The van der Waals surface area contributed by atoms with E-state index < -0.39 is 6.67 Å². The Kier molecular flexibility index (Phi) is 3.44. The highest BCUT2D eigenvalue weighted by atomic mass is 35.5. The molecule has 0 saturated heterocycles. The minimum atomic E-state index is -0.438. The van der Waals surface area contributed by atoms with Crippen LogP contribution in [0.2, 0.25) is 5.15 Å². The normalized spacial score (nSPS) is 12.9. The molecule has 0 aliphatic heterocycles. The summed E-state index contributed by atoms with van der Waals surface area (Å²) in [5, 5.41) is 0.360. The number of nitrogens with two attached hydrogens (primary N) is 1. The van der Waals surface area contributed by atoms with Crippen LogP contribution in [0.1, 0.15) is 18.0 Å². The summed E-state index contributed by atoms with van der Waals surface area (Å²) in [7, 11) is 0. The molecule has 0 bridgehead atoms. The maximum absolute atomic E-state index is 11.9. The molecule has 1 heterocycles. The van der Waals surface area contributed by atoms with Gasteiger partial charge in [0.15, 0.2) is 0 Å². The quantitative estimate of drug-likeness (QED) is 0.738. The Morgan fingerprint density at radius 1 is 1.67 bits per heavy atom. The average Bonchev–Trinajstić information content (AvgIpc) is 2.05. The van der Waals surface area contributed by atoms with E-state index in [-0.39, 0.29) is 12.5 Å². The van der Waals surface area contributed by atoms with Gasteiger partial charge in [-0.05, 0) is 12.5 Å². The number of hydrogen-bond acceptors (Lipinski definition) is 2. The molecule has 0 spiro atoms. The largest absolute Gasteiger partial charge is 0.324 e. The lowest BCUT2D eigenvalue weighted by atomic mass is 10.1. The van der Waals surface area contributed by atoms with E-state index in [0.717, 1.165) is 0 Å². The second-order valence-corrected chi connectivity index (χ2v) is 2.83. The van der Waals surface area contributed by atoms with Gasteiger partial charge in [-0.3, -0.25) is 4.39 Å². The minimum Gasteiger partial charge on any atom is -0.324 e. The maximum atomic E-state index is 11.9. The Hall–Kier alpha value is -0.670. The van der Waals surface area contributed by atoms with Gasteiger partial charge in [0.2, 0.25) is 0 Å². The number of hydrogen-bond donors (Lipinski definition) is 1. The van der Waals surface area contributed by atoms with Crippen LogP contribution >= 0.6 is 11.6 Å². The molecule has 1 aromatic rings. The van der Waals surface area contributed by atoms with Gasteiger partial charge in [-0.25, -0.2) is 4.98 Å². The van der Waals surface area contributed by atoms with Crippen LogP contribution < -0.4 is 5.73 Å². The lowest BCUT2D eigenvalue weighted by Crippen LogP contribution is -2.11. The number of halogens is 2. The van der Waals surface area contributed by atoms with Gasteiger partial charge in [0.25, 0.3) is 0 Å². The Morgan fingerprint density at radius 2 is 2.42 bits per heavy atom. The molecule has 0 saturated carbocycles. The van der Waals surface area contributed by atoms with Crippen LogP contribution in [0.15, 0.2) is 18.3 Å². The van der Waals surface area contributed by atoms with Crippen molar-refractivity contribution in [3.63, 3.8) is 0 Å². The Bertz CT molecular complexity index is 255. The molecule has 0 unspecified atom stereocenters. The monoisotopic (exact) mass is 188 g/mol. The molecule has 2 N–H and O–H groups in total. The van der Waals surface area contributed by atoms with E-state index in [2.05, 4.69) is 4.98 Å². The van der Waals surface area contributed by atoms with Crippen molar-refractivity contribution in [1.82, 2.24) is 4.98 Å². The zero-order valence-electron chi connectivity index (χ0n) is 6.50. The lowest BCUT2D eigenvalue weighted by molar-refractivity contribution is 0.441. The van der Waals surface area contributed by atoms with Gasteiger partial charge < -0.3 is 5.73 Å². The smallest absolute Gasteiger partial charge is 0.133 e. The fraction of sp³-hybridized carbons (Fsp3) is 0.375. The van der Waals surface area contributed by atoms with Crippen molar-refractivity contribution < 1.29 is 4.39 Å². The van der Waals surface area contributed by atoms with Crippen molar-refractivity contribution in [2.75, 3.05) is 6.67 Å². The number of pyridine rings is 1. The average molecular weight is 189 g/mol. The topological polar surface area (TPSA) is 38.9 Å². The van der Waals surface area contributed by atoms with Crippen LogP contribution in [0.4, 0.5) is 4.39 Å². The van der Waals surface area contributed by atoms with E-state index >= 15 is 0 Å². The highest BCUT2D eigenvalue weighted by Gasteiger charge is 2.09. The van der Waals surface area contributed by atoms with Gasteiger partial charge in [-0.15, -0.1) is 0 Å². The molecule has 66 valence electrons. The number of aromatic nitrogens is 1. The first-order valence-electron chi connectivity index (χ1n) is 3.67. The van der Waals surface area contributed by atoms with Crippen molar-refractivity contribution in [2.45, 2.75) is 12.5 Å². The molecule has 12 heavy (non-hydrogen) atoms. The van der Waals surface area contributed by atoms with Crippen LogP contribution in [0.3, 0.4) is 0 Å². The zero-order valence-corrected chi connectivity index (χ0v) is 7.26. The summed E-state index contributed by atoms with van der Waals surface area (Å²) < 4.78 is 11.9. The first-order chi connectivity index (χ1) is 5.75. The highest BCUT2D eigenvalue weighted by Crippen LogP contribution is 2.20. The molecule has 0 aliphatic rings. The molecular formula is C8H10ClFN2. The third-order valence-electron chi connectivity index (χ3n) is 1.61. The van der Waals surface area contributed by atoms with Crippen molar-refractivity contribution in [3.8, 4) is 0 Å². The van der Waals surface area contributed by atoms with E-state index in [1.54, 1.807) is 18.3 Å². The fourth-order valence-corrected chi connectivity index (χ4v) is 1.21. The molecular weight excluding hydrogens is 179 g/mol. The van der Waals surface area contributed by atoms with Gasteiger partial charge in [0.1, 0.15) is 5.15 Å². The summed E-state index contributed by atoms with van der Waals surface area (Å²) >= 11 is 5.74. The maximum Gasteiger partial charge on any atom is 0.133 e. The van der Waals surface area contributed by atoms with Crippen molar-refractivity contribution >= 4 is 11.6 Å². The summed E-state index contributed by atoms with van der Waals surface area (Å²) in [6, 6.07) is 3.14. The van der Waals surface area contributed by atoms with Gasteiger partial charge in [-0.1, -0.05) is 17.7 Å². The second kappa shape index (κ2) is 4.38. The van der Waals surface area contributed by atoms with Gasteiger partial charge >= 0.3 is 0 Å². The van der Waals surface area contributed by atoms with Crippen LogP contribution in [0.5, 0.6) is 0 Å². The molecule has 0 radical (unpaired) electrons. The Morgan fingerprint density at radius 3 is 3.00 bits per heavy atom. The van der Waals surface area contributed by atoms with E-state index in [1.807, 2.05) is 0 Å². The third-order valence-corrected chi connectivity index (χ3v) is 1.92. The molecule has 0 fully saturated rings. The lowest BCUT2D eigenvalue weighted by Gasteiger charge is -2.09. The van der Waals surface area contributed by atoms with Crippen LogP contribution in [0.25, 0.3) is 0 Å².